The molecule has 2 aromatic carbocycles. The molecule has 6 amide bonds. The summed E-state index contributed by atoms with van der Waals surface area (Å²) >= 11 is 0. The van der Waals surface area contributed by atoms with Gasteiger partial charge in [-0.25, -0.2) is 9.37 Å². The van der Waals surface area contributed by atoms with Crippen LogP contribution in [0.1, 0.15) is 112 Å². The van der Waals surface area contributed by atoms with Crippen molar-refractivity contribution in [1.29, 1.82) is 5.26 Å². The monoisotopic (exact) mass is 1140 g/mol. The minimum absolute atomic E-state index is 0.0130. The number of hydrogen-bond donors (Lipinski definition) is 6. The molecule has 0 aliphatic carbocycles. The first-order chi connectivity index (χ1) is 39.2. The van der Waals surface area contributed by atoms with Gasteiger partial charge in [0.05, 0.1) is 83.7 Å². The molecule has 444 valence electrons. The maximum absolute atomic E-state index is 14.5. The summed E-state index contributed by atoms with van der Waals surface area (Å²) in [6, 6.07) is 14.0. The number of nitriles is 1. The molecule has 1 saturated heterocycles. The number of aromatic nitrogens is 3. The van der Waals surface area contributed by atoms with E-state index in [4.69, 9.17) is 29.4 Å². The fourth-order valence-electron chi connectivity index (χ4n) is 9.53. The normalized spacial score (nSPS) is 17.2. The van der Waals surface area contributed by atoms with Gasteiger partial charge in [0.2, 0.25) is 29.5 Å². The smallest absolute Gasteiger partial charge is 0.254 e. The van der Waals surface area contributed by atoms with Crippen LogP contribution in [0.25, 0.3) is 11.1 Å². The first-order valence-corrected chi connectivity index (χ1v) is 27.7. The lowest BCUT2D eigenvalue weighted by Crippen LogP contribution is -2.59. The second-order valence-electron chi connectivity index (χ2n) is 21.3. The SMILES string of the molecule is CC[C@@H](NC(=O)[C@@H]1C[C@H](NC(=O)CCOCCOCCOCCOCCC(=O)NCCn2nc(C#N)c3c2CN(C)C(=O)c2ccc(F)cc2[C@@H](C)Oc2cc-3cnc2N)CN1C(=O)[C@@H](NC(=O)C(C)NC)C(C)(C)C)c1ccccc1. The molecule has 82 heavy (non-hydrogen) atoms. The Balaban J connectivity index is 0.865. The van der Waals surface area contributed by atoms with Gasteiger partial charge in [-0.1, -0.05) is 58.0 Å². The van der Waals surface area contributed by atoms with E-state index >= 15 is 0 Å². The van der Waals surface area contributed by atoms with Crippen molar-refractivity contribution in [1.82, 2.24) is 51.1 Å². The molecule has 1 unspecified atom stereocenters. The van der Waals surface area contributed by atoms with Gasteiger partial charge in [-0.05, 0) is 69.0 Å². The Bertz CT molecular complexity index is 2880. The summed E-state index contributed by atoms with van der Waals surface area (Å²) in [5, 5.41) is 29.4. The lowest BCUT2D eigenvalue weighted by molar-refractivity contribution is -0.144. The number of nitrogen functional groups attached to an aromatic ring is 1. The largest absolute Gasteiger partial charge is 0.482 e. The molecule has 2 aliphatic heterocycles. The van der Waals surface area contributed by atoms with Gasteiger partial charge >= 0.3 is 0 Å². The number of fused-ring (bicyclic) bond motifs is 5. The fraction of sp³-hybridized carbons (Fsp3) is 0.534. The average molecular weight is 1140 g/mol. The maximum Gasteiger partial charge on any atom is 0.254 e. The lowest BCUT2D eigenvalue weighted by atomic mass is 9.85. The Kier molecular flexibility index (Phi) is 23.6. The Morgan fingerprint density at radius 1 is 0.927 bits per heavy atom. The van der Waals surface area contributed by atoms with Crippen molar-refractivity contribution in [3.8, 4) is 22.9 Å². The van der Waals surface area contributed by atoms with Crippen molar-refractivity contribution in [2.24, 2.45) is 5.41 Å². The molecule has 0 radical (unpaired) electrons. The van der Waals surface area contributed by atoms with Crippen molar-refractivity contribution >= 4 is 41.3 Å². The van der Waals surface area contributed by atoms with Gasteiger partial charge in [0, 0.05) is 67.5 Å². The first kappa shape index (κ1) is 63.6. The van der Waals surface area contributed by atoms with Crippen LogP contribution in [0.2, 0.25) is 0 Å². The topological polar surface area (TPSA) is 296 Å². The zero-order chi connectivity index (χ0) is 59.5. The number of pyridine rings is 1. The number of likely N-dealkylation sites (tertiary alicyclic amines) is 1. The lowest BCUT2D eigenvalue weighted by Gasteiger charge is -2.36. The first-order valence-electron chi connectivity index (χ1n) is 27.7. The number of carbonyl (C=O) groups excluding carboxylic acids is 6. The molecule has 2 aliphatic rings. The van der Waals surface area contributed by atoms with Gasteiger partial charge in [-0.15, -0.1) is 0 Å². The highest BCUT2D eigenvalue weighted by Gasteiger charge is 2.46. The van der Waals surface area contributed by atoms with Crippen LogP contribution in [0.5, 0.6) is 5.75 Å². The zero-order valence-electron chi connectivity index (χ0n) is 48.2. The molecule has 4 heterocycles. The molecule has 6 atom stereocenters. The van der Waals surface area contributed by atoms with Gasteiger partial charge in [-0.3, -0.25) is 33.4 Å². The molecule has 0 spiro atoms. The van der Waals surface area contributed by atoms with Crippen molar-refractivity contribution in [3.05, 3.63) is 94.7 Å². The Labute approximate surface area is 478 Å². The van der Waals surface area contributed by atoms with Gasteiger partial charge in [0.25, 0.3) is 5.91 Å². The third-order valence-electron chi connectivity index (χ3n) is 14.2. The number of halogens is 1. The third-order valence-corrected chi connectivity index (χ3v) is 14.2. The standard InChI is InChI=1S/C58H79FN12O11/c1-9-44(38-13-11-10-12-14-38)66-55(75)46-31-41(34-70(46)57(77)52(58(4,5)6)67-54(74)36(2)62-7)65-50(73)18-22-79-24-26-81-28-27-80-25-23-78-21-17-49(72)63-19-20-71-47-35-69(8)56(76)42-16-15-40(59)30-43(42)37(3)82-48-29-39(33-64-53(48)61)51(47)45(32-60)68-71/h10-16,29-30,33,36-37,41,44,46,52,62H,9,17-28,31,34-35H2,1-8H3,(H2,61,64)(H,63,72)(H,65,73)(H,66,75)(H,67,74)/t36?,37-,41+,44-,46+,52-/m1/s1. The number of anilines is 1. The van der Waals surface area contributed by atoms with E-state index in [2.05, 4.69) is 42.7 Å². The number of likely N-dealkylation sites (N-methyl/N-ethyl adjacent to an activating group) is 1. The number of nitrogens with one attached hydrogen (secondary N) is 5. The summed E-state index contributed by atoms with van der Waals surface area (Å²) in [6.07, 6.45) is 1.64. The zero-order valence-corrected chi connectivity index (χ0v) is 48.2. The Hall–Kier alpha value is -7.56. The number of ether oxygens (including phenoxy) is 5. The summed E-state index contributed by atoms with van der Waals surface area (Å²) in [5.41, 5.74) is 8.44. The van der Waals surface area contributed by atoms with E-state index in [1.165, 1.54) is 34.2 Å². The van der Waals surface area contributed by atoms with E-state index in [9.17, 15) is 38.4 Å². The van der Waals surface area contributed by atoms with Gasteiger partial charge in [0.15, 0.2) is 17.3 Å². The number of hydrogen-bond acceptors (Lipinski definition) is 16. The number of nitrogens with zero attached hydrogens (tertiary/aromatic N) is 6. The summed E-state index contributed by atoms with van der Waals surface area (Å²) in [7, 11) is 3.25. The quantitative estimate of drug-likeness (QED) is 0.0464. The van der Waals surface area contributed by atoms with Crippen LogP contribution in [-0.2, 0) is 56.0 Å². The van der Waals surface area contributed by atoms with E-state index in [0.29, 0.717) is 42.0 Å². The van der Waals surface area contributed by atoms with Crippen molar-refractivity contribution in [2.75, 3.05) is 85.8 Å². The molecule has 2 bridgehead atoms. The second kappa shape index (κ2) is 30.5. The van der Waals surface area contributed by atoms with Crippen molar-refractivity contribution in [3.63, 3.8) is 0 Å². The van der Waals surface area contributed by atoms with E-state index in [-0.39, 0.29) is 138 Å². The average Bonchev–Trinajstić information content (AvgIpc) is 4.26. The van der Waals surface area contributed by atoms with Crippen LogP contribution in [0.3, 0.4) is 0 Å². The van der Waals surface area contributed by atoms with Gasteiger partial charge < -0.3 is 65.8 Å². The van der Waals surface area contributed by atoms with Gasteiger partial charge in [-0.2, -0.15) is 10.4 Å². The van der Waals surface area contributed by atoms with Crippen LogP contribution < -0.4 is 37.1 Å². The van der Waals surface area contributed by atoms with Crippen LogP contribution in [-0.4, -0.2) is 164 Å². The van der Waals surface area contributed by atoms with E-state index < -0.39 is 53.3 Å². The molecule has 1 fully saturated rings. The molecule has 6 rings (SSSR count). The number of rotatable bonds is 27. The van der Waals surface area contributed by atoms with E-state index in [1.807, 2.05) is 58.0 Å². The van der Waals surface area contributed by atoms with Crippen LogP contribution in [0.15, 0.2) is 60.8 Å². The number of amides is 6. The Morgan fingerprint density at radius 3 is 2.20 bits per heavy atom. The van der Waals surface area contributed by atoms with Gasteiger partial charge in [0.1, 0.15) is 30.1 Å². The summed E-state index contributed by atoms with van der Waals surface area (Å²) in [4.78, 5) is 88.3. The highest BCUT2D eigenvalue weighted by atomic mass is 19.1. The molecule has 0 saturated carbocycles. The highest BCUT2D eigenvalue weighted by molar-refractivity contribution is 5.96. The van der Waals surface area contributed by atoms with E-state index in [0.717, 1.165) is 5.56 Å². The van der Waals surface area contributed by atoms with Crippen LogP contribution in [0.4, 0.5) is 10.2 Å². The molecule has 7 N–H and O–H groups in total. The van der Waals surface area contributed by atoms with Crippen LogP contribution >= 0.6 is 0 Å². The highest BCUT2D eigenvalue weighted by Crippen LogP contribution is 2.36. The predicted octanol–water partition coefficient (Wildman–Crippen LogP) is 3.72. The molecule has 4 aromatic rings. The number of nitrogens with two attached hydrogens (primary N) is 1. The Morgan fingerprint density at radius 2 is 1.57 bits per heavy atom. The van der Waals surface area contributed by atoms with Crippen molar-refractivity contribution < 1.29 is 56.8 Å². The third kappa shape index (κ3) is 17.5. The second-order valence-corrected chi connectivity index (χ2v) is 21.3. The van der Waals surface area contributed by atoms with E-state index in [1.54, 1.807) is 38.7 Å². The number of benzene rings is 2. The maximum atomic E-state index is 14.5. The number of carbonyl (C=O) groups is 6. The van der Waals surface area contributed by atoms with Crippen LogP contribution in [0, 0.1) is 22.6 Å². The molecule has 2 aromatic heterocycles. The summed E-state index contributed by atoms with van der Waals surface area (Å²) in [6.45, 7) is 13.2. The van der Waals surface area contributed by atoms with Crippen molar-refractivity contribution in [2.45, 2.75) is 117 Å². The molecular weight excluding hydrogens is 1060 g/mol. The molecular formula is C58H79FN12O11. The molecule has 23 nitrogen and oxygen atoms in total. The summed E-state index contributed by atoms with van der Waals surface area (Å²) in [5.74, 6) is -2.36. The predicted molar refractivity (Wildman–Crippen MR) is 301 cm³/mol. The fourth-order valence-corrected chi connectivity index (χ4v) is 9.53. The minimum Gasteiger partial charge on any atom is -0.482 e. The minimum atomic E-state index is -0.940. The summed E-state index contributed by atoms with van der Waals surface area (Å²) < 4.78 is 44.6. The molecule has 24 heteroatoms.